The highest BCUT2D eigenvalue weighted by atomic mass is 16.5. The van der Waals surface area contributed by atoms with Crippen molar-refractivity contribution in [2.24, 2.45) is 0 Å². The smallest absolute Gasteiger partial charge is 0.198 e. The van der Waals surface area contributed by atoms with Crippen molar-refractivity contribution in [1.82, 2.24) is 0 Å². The fraction of sp³-hybridized carbons (Fsp3) is 0.222. The number of aliphatic hydroxyl groups excluding tert-OH is 1. The van der Waals surface area contributed by atoms with E-state index in [0.29, 0.717) is 28.0 Å². The molecule has 0 saturated heterocycles. The Bertz CT molecular complexity index is 762. The molecule has 112 valence electrons. The first-order valence-electron chi connectivity index (χ1n) is 7.26. The Labute approximate surface area is 128 Å². The number of benzene rings is 2. The normalized spacial score (nSPS) is 12.8. The number of hydrogen-bond acceptors (Lipinski definition) is 4. The zero-order valence-electron chi connectivity index (χ0n) is 12.3. The molecule has 0 saturated carbocycles. The summed E-state index contributed by atoms with van der Waals surface area (Å²) in [6, 6.07) is 10.4. The Morgan fingerprint density at radius 2 is 1.68 bits per heavy atom. The average molecular weight is 296 g/mol. The van der Waals surface area contributed by atoms with Crippen molar-refractivity contribution in [3.63, 3.8) is 0 Å². The van der Waals surface area contributed by atoms with Gasteiger partial charge in [-0.05, 0) is 24.1 Å². The minimum atomic E-state index is -0.208. The number of carbonyl (C=O) groups excluding carboxylic acids is 2. The van der Waals surface area contributed by atoms with E-state index in [1.165, 1.54) is 0 Å². The first kappa shape index (κ1) is 14.5. The summed E-state index contributed by atoms with van der Waals surface area (Å²) in [6.07, 6.45) is 0.728. The number of rotatable bonds is 4. The van der Waals surface area contributed by atoms with E-state index in [0.717, 1.165) is 12.0 Å². The second kappa shape index (κ2) is 5.73. The van der Waals surface area contributed by atoms with Crippen LogP contribution in [0.4, 0.5) is 0 Å². The molecule has 1 N–H and O–H groups in total. The third kappa shape index (κ3) is 2.22. The zero-order chi connectivity index (χ0) is 15.7. The van der Waals surface area contributed by atoms with Crippen LogP contribution < -0.4 is 4.74 Å². The molecular weight excluding hydrogens is 280 g/mol. The fourth-order valence-electron chi connectivity index (χ4n) is 2.72. The van der Waals surface area contributed by atoms with Gasteiger partial charge in [0.25, 0.3) is 0 Å². The molecule has 2 aromatic rings. The van der Waals surface area contributed by atoms with Crippen LogP contribution in [0.2, 0.25) is 0 Å². The first-order valence-corrected chi connectivity index (χ1v) is 7.26. The van der Waals surface area contributed by atoms with E-state index in [1.807, 2.05) is 6.92 Å². The van der Waals surface area contributed by atoms with Gasteiger partial charge in [-0.1, -0.05) is 31.2 Å². The Morgan fingerprint density at radius 3 is 2.32 bits per heavy atom. The van der Waals surface area contributed by atoms with Gasteiger partial charge in [0.15, 0.2) is 11.6 Å². The number of aryl methyl sites for hydroxylation is 1. The maximum Gasteiger partial charge on any atom is 0.198 e. The molecule has 0 amide bonds. The molecular formula is C18H16O4. The standard InChI is InChI=1S/C18H16O4/c1-2-11-9-14-16(15(10-11)22-8-7-19)18(21)13-6-4-3-5-12(13)17(14)20/h3-6,9-10,19H,2,7-8H2,1H3. The summed E-state index contributed by atoms with van der Waals surface area (Å²) in [5.41, 5.74) is 2.44. The molecule has 4 nitrogen and oxygen atoms in total. The highest BCUT2D eigenvalue weighted by Gasteiger charge is 2.32. The summed E-state index contributed by atoms with van der Waals surface area (Å²) in [6.45, 7) is 1.91. The van der Waals surface area contributed by atoms with Gasteiger partial charge in [-0.2, -0.15) is 0 Å². The number of carbonyl (C=O) groups is 2. The van der Waals surface area contributed by atoms with E-state index >= 15 is 0 Å². The van der Waals surface area contributed by atoms with Crippen LogP contribution in [0.5, 0.6) is 5.75 Å². The quantitative estimate of drug-likeness (QED) is 0.803. The van der Waals surface area contributed by atoms with Crippen molar-refractivity contribution < 1.29 is 19.4 Å². The third-order valence-electron chi connectivity index (χ3n) is 3.81. The van der Waals surface area contributed by atoms with Crippen LogP contribution in [-0.2, 0) is 6.42 Å². The highest BCUT2D eigenvalue weighted by Crippen LogP contribution is 2.34. The molecule has 3 rings (SSSR count). The molecule has 1 aliphatic carbocycles. The summed E-state index contributed by atoms with van der Waals surface area (Å²) in [5, 5.41) is 8.96. The number of aliphatic hydroxyl groups is 1. The van der Waals surface area contributed by atoms with Crippen molar-refractivity contribution in [2.75, 3.05) is 13.2 Å². The summed E-state index contributed by atoms with van der Waals surface area (Å²) >= 11 is 0. The lowest BCUT2D eigenvalue weighted by molar-refractivity contribution is 0.0974. The average Bonchev–Trinajstić information content (AvgIpc) is 2.57. The molecule has 1 aliphatic rings. The molecule has 0 fully saturated rings. The minimum absolute atomic E-state index is 0.0860. The highest BCUT2D eigenvalue weighted by molar-refractivity contribution is 6.29. The predicted molar refractivity (Wildman–Crippen MR) is 81.7 cm³/mol. The summed E-state index contributed by atoms with van der Waals surface area (Å²) < 4.78 is 5.51. The van der Waals surface area contributed by atoms with Gasteiger partial charge in [-0.25, -0.2) is 0 Å². The summed E-state index contributed by atoms with van der Waals surface area (Å²) in [4.78, 5) is 25.4. The Kier molecular flexibility index (Phi) is 3.77. The lowest BCUT2D eigenvalue weighted by atomic mass is 9.82. The second-order valence-corrected chi connectivity index (χ2v) is 5.15. The molecule has 0 heterocycles. The zero-order valence-corrected chi connectivity index (χ0v) is 12.3. The molecule has 4 heteroatoms. The first-order chi connectivity index (χ1) is 10.7. The van der Waals surface area contributed by atoms with Crippen LogP contribution >= 0.6 is 0 Å². The molecule has 0 spiro atoms. The SMILES string of the molecule is CCc1cc(OCCO)c2c(c1)C(=O)c1ccccc1C2=O. The topological polar surface area (TPSA) is 63.6 Å². The van der Waals surface area contributed by atoms with Gasteiger partial charge < -0.3 is 9.84 Å². The fourth-order valence-corrected chi connectivity index (χ4v) is 2.72. The van der Waals surface area contributed by atoms with Gasteiger partial charge in [-0.15, -0.1) is 0 Å². The van der Waals surface area contributed by atoms with Crippen LogP contribution in [0, 0.1) is 0 Å². The number of ketones is 2. The second-order valence-electron chi connectivity index (χ2n) is 5.15. The van der Waals surface area contributed by atoms with Crippen LogP contribution in [0.25, 0.3) is 0 Å². The lowest BCUT2D eigenvalue weighted by Gasteiger charge is -2.21. The molecule has 2 aromatic carbocycles. The molecule has 0 bridgehead atoms. The van der Waals surface area contributed by atoms with E-state index in [9.17, 15) is 9.59 Å². The van der Waals surface area contributed by atoms with Crippen molar-refractivity contribution in [3.05, 3.63) is 64.2 Å². The van der Waals surface area contributed by atoms with Crippen LogP contribution in [-0.4, -0.2) is 29.9 Å². The molecule has 0 aromatic heterocycles. The van der Waals surface area contributed by atoms with Crippen molar-refractivity contribution in [2.45, 2.75) is 13.3 Å². The van der Waals surface area contributed by atoms with Gasteiger partial charge >= 0.3 is 0 Å². The predicted octanol–water partition coefficient (Wildman–Crippen LogP) is 2.40. The van der Waals surface area contributed by atoms with E-state index in [1.54, 1.807) is 36.4 Å². The van der Waals surface area contributed by atoms with Crippen molar-refractivity contribution >= 4 is 11.6 Å². The molecule has 0 radical (unpaired) electrons. The van der Waals surface area contributed by atoms with E-state index in [2.05, 4.69) is 0 Å². The van der Waals surface area contributed by atoms with Crippen LogP contribution in [0.1, 0.15) is 44.3 Å². The molecule has 0 aliphatic heterocycles. The molecule has 0 atom stereocenters. The van der Waals surface area contributed by atoms with Gasteiger partial charge in [0.2, 0.25) is 0 Å². The largest absolute Gasteiger partial charge is 0.490 e. The van der Waals surface area contributed by atoms with Gasteiger partial charge in [0, 0.05) is 16.7 Å². The summed E-state index contributed by atoms with van der Waals surface area (Å²) in [5.74, 6) is 0.00592. The lowest BCUT2D eigenvalue weighted by Crippen LogP contribution is -2.22. The van der Waals surface area contributed by atoms with Crippen molar-refractivity contribution in [3.8, 4) is 5.75 Å². The molecule has 0 unspecified atom stereocenters. The maximum absolute atomic E-state index is 12.7. The maximum atomic E-state index is 12.7. The van der Waals surface area contributed by atoms with Gasteiger partial charge in [0.05, 0.1) is 12.2 Å². The minimum Gasteiger partial charge on any atom is -0.490 e. The van der Waals surface area contributed by atoms with E-state index < -0.39 is 0 Å². The molecule has 22 heavy (non-hydrogen) atoms. The van der Waals surface area contributed by atoms with Gasteiger partial charge in [-0.3, -0.25) is 9.59 Å². The number of fused-ring (bicyclic) bond motifs is 2. The van der Waals surface area contributed by atoms with E-state index in [4.69, 9.17) is 9.84 Å². The van der Waals surface area contributed by atoms with Crippen LogP contribution in [0.15, 0.2) is 36.4 Å². The third-order valence-corrected chi connectivity index (χ3v) is 3.81. The van der Waals surface area contributed by atoms with Gasteiger partial charge in [0.1, 0.15) is 12.4 Å². The van der Waals surface area contributed by atoms with Crippen LogP contribution in [0.3, 0.4) is 0 Å². The van der Waals surface area contributed by atoms with E-state index in [-0.39, 0.29) is 24.8 Å². The monoisotopic (exact) mass is 296 g/mol. The number of ether oxygens (including phenoxy) is 1. The Hall–Kier alpha value is -2.46. The Morgan fingerprint density at radius 1 is 1.00 bits per heavy atom. The summed E-state index contributed by atoms with van der Waals surface area (Å²) in [7, 11) is 0. The Balaban J connectivity index is 2.22. The number of hydrogen-bond donors (Lipinski definition) is 1. The van der Waals surface area contributed by atoms with Crippen molar-refractivity contribution in [1.29, 1.82) is 0 Å².